The van der Waals surface area contributed by atoms with Crippen LogP contribution in [0.15, 0.2) is 48.5 Å². The van der Waals surface area contributed by atoms with Crippen LogP contribution in [0.3, 0.4) is 0 Å². The summed E-state index contributed by atoms with van der Waals surface area (Å²) < 4.78 is 18.4. The lowest BCUT2D eigenvalue weighted by molar-refractivity contribution is -0.139. The van der Waals surface area contributed by atoms with E-state index in [2.05, 4.69) is 27.7 Å². The minimum Gasteiger partial charge on any atom is -0.379 e. The molecular weight excluding hydrogens is 399 g/mol. The van der Waals surface area contributed by atoms with Crippen LogP contribution in [0.5, 0.6) is 0 Å². The number of benzene rings is 2. The molecular formula is C23H29FN4O3. The second kappa shape index (κ2) is 10.9. The fraction of sp³-hybridized carbons (Fsp3) is 0.391. The molecule has 2 amide bonds. The number of nitrogens with zero attached hydrogens (tertiary/aromatic N) is 2. The number of nitrogens with one attached hydrogen (secondary N) is 2. The van der Waals surface area contributed by atoms with Gasteiger partial charge < -0.3 is 20.3 Å². The highest BCUT2D eigenvalue weighted by Crippen LogP contribution is 2.23. The summed E-state index contributed by atoms with van der Waals surface area (Å²) in [7, 11) is 3.97. The molecule has 8 heteroatoms. The molecule has 166 valence electrons. The molecule has 3 rings (SSSR count). The predicted molar refractivity (Wildman–Crippen MR) is 117 cm³/mol. The van der Waals surface area contributed by atoms with Crippen molar-refractivity contribution in [2.75, 3.05) is 51.8 Å². The predicted octanol–water partition coefficient (Wildman–Crippen LogP) is 1.70. The Labute approximate surface area is 182 Å². The average molecular weight is 429 g/mol. The van der Waals surface area contributed by atoms with Gasteiger partial charge in [0, 0.05) is 46.0 Å². The fourth-order valence-corrected chi connectivity index (χ4v) is 3.48. The molecule has 7 nitrogen and oxygen atoms in total. The summed E-state index contributed by atoms with van der Waals surface area (Å²) >= 11 is 0. The molecule has 1 fully saturated rings. The molecule has 0 saturated carbocycles. The quantitative estimate of drug-likeness (QED) is 0.657. The number of hydrogen-bond acceptors (Lipinski definition) is 5. The number of anilines is 1. The van der Waals surface area contributed by atoms with Crippen LogP contribution in [-0.2, 0) is 20.9 Å². The van der Waals surface area contributed by atoms with Gasteiger partial charge in [-0.25, -0.2) is 4.39 Å². The molecule has 0 unspecified atom stereocenters. The smallest absolute Gasteiger partial charge is 0.309 e. The van der Waals surface area contributed by atoms with Gasteiger partial charge in [-0.1, -0.05) is 24.3 Å². The lowest BCUT2D eigenvalue weighted by Gasteiger charge is -2.35. The number of hydrogen-bond donors (Lipinski definition) is 2. The zero-order chi connectivity index (χ0) is 22.2. The van der Waals surface area contributed by atoms with Crippen molar-refractivity contribution in [3.63, 3.8) is 0 Å². The molecule has 1 atom stereocenters. The summed E-state index contributed by atoms with van der Waals surface area (Å²) in [5.41, 5.74) is 2.88. The molecule has 0 aliphatic carbocycles. The number of halogens is 1. The van der Waals surface area contributed by atoms with Crippen LogP contribution in [0.4, 0.5) is 10.1 Å². The maximum atomic E-state index is 13.0. The number of carbonyl (C=O) groups excluding carboxylic acids is 2. The SMILES string of the molecule is CN(C)c1ccc([C@@H](CNC(=O)C(=O)NCc2ccc(F)cc2)N2CCOCC2)cc1. The van der Waals surface area contributed by atoms with Gasteiger partial charge in [0.05, 0.1) is 19.3 Å². The second-order valence-electron chi connectivity index (χ2n) is 7.67. The highest BCUT2D eigenvalue weighted by molar-refractivity contribution is 6.35. The van der Waals surface area contributed by atoms with Crippen molar-refractivity contribution in [1.82, 2.24) is 15.5 Å². The average Bonchev–Trinajstić information content (AvgIpc) is 2.79. The Morgan fingerprint density at radius 3 is 2.23 bits per heavy atom. The van der Waals surface area contributed by atoms with Crippen LogP contribution < -0.4 is 15.5 Å². The molecule has 0 spiro atoms. The van der Waals surface area contributed by atoms with Gasteiger partial charge in [-0.2, -0.15) is 0 Å². The van der Waals surface area contributed by atoms with E-state index in [1.165, 1.54) is 12.1 Å². The van der Waals surface area contributed by atoms with Crippen molar-refractivity contribution in [3.8, 4) is 0 Å². The Balaban J connectivity index is 1.60. The highest BCUT2D eigenvalue weighted by atomic mass is 19.1. The van der Waals surface area contributed by atoms with E-state index in [1.807, 2.05) is 31.1 Å². The summed E-state index contributed by atoms with van der Waals surface area (Å²) in [5.74, 6) is -1.75. The summed E-state index contributed by atoms with van der Waals surface area (Å²) in [6, 6.07) is 13.9. The lowest BCUT2D eigenvalue weighted by Crippen LogP contribution is -2.46. The number of amides is 2. The van der Waals surface area contributed by atoms with Crippen LogP contribution in [0.2, 0.25) is 0 Å². The van der Waals surface area contributed by atoms with E-state index in [0.29, 0.717) is 19.8 Å². The Morgan fingerprint density at radius 1 is 1.00 bits per heavy atom. The molecule has 2 N–H and O–H groups in total. The topological polar surface area (TPSA) is 73.9 Å². The first-order chi connectivity index (χ1) is 14.9. The Bertz CT molecular complexity index is 865. The van der Waals surface area contributed by atoms with Crippen molar-refractivity contribution in [2.45, 2.75) is 12.6 Å². The normalized spacial score (nSPS) is 15.2. The van der Waals surface area contributed by atoms with Gasteiger partial charge in [-0.05, 0) is 35.4 Å². The third-order valence-electron chi connectivity index (χ3n) is 5.31. The van der Waals surface area contributed by atoms with Crippen molar-refractivity contribution >= 4 is 17.5 Å². The Morgan fingerprint density at radius 2 is 1.61 bits per heavy atom. The van der Waals surface area contributed by atoms with Gasteiger partial charge >= 0.3 is 11.8 Å². The Hall–Kier alpha value is -2.97. The van der Waals surface area contributed by atoms with E-state index in [-0.39, 0.29) is 18.4 Å². The molecule has 31 heavy (non-hydrogen) atoms. The van der Waals surface area contributed by atoms with Crippen molar-refractivity contribution in [3.05, 3.63) is 65.5 Å². The van der Waals surface area contributed by atoms with E-state index < -0.39 is 11.8 Å². The number of rotatable bonds is 7. The molecule has 1 heterocycles. The first kappa shape index (κ1) is 22.7. The summed E-state index contributed by atoms with van der Waals surface area (Å²) in [4.78, 5) is 28.8. The van der Waals surface area contributed by atoms with Gasteiger partial charge in [0.15, 0.2) is 0 Å². The van der Waals surface area contributed by atoms with E-state index >= 15 is 0 Å². The van der Waals surface area contributed by atoms with Crippen LogP contribution in [0, 0.1) is 5.82 Å². The molecule has 1 saturated heterocycles. The van der Waals surface area contributed by atoms with Crippen LogP contribution in [0.25, 0.3) is 0 Å². The molecule has 0 radical (unpaired) electrons. The molecule has 0 bridgehead atoms. The fourth-order valence-electron chi connectivity index (χ4n) is 3.48. The monoisotopic (exact) mass is 428 g/mol. The third kappa shape index (κ3) is 6.50. The zero-order valence-corrected chi connectivity index (χ0v) is 17.9. The molecule has 0 aromatic heterocycles. The third-order valence-corrected chi connectivity index (χ3v) is 5.31. The van der Waals surface area contributed by atoms with Crippen molar-refractivity contribution in [1.29, 1.82) is 0 Å². The zero-order valence-electron chi connectivity index (χ0n) is 17.9. The van der Waals surface area contributed by atoms with E-state index in [4.69, 9.17) is 4.74 Å². The lowest BCUT2D eigenvalue weighted by atomic mass is 10.0. The van der Waals surface area contributed by atoms with Crippen molar-refractivity contribution < 1.29 is 18.7 Å². The minimum absolute atomic E-state index is 0.0611. The van der Waals surface area contributed by atoms with Gasteiger partial charge in [0.25, 0.3) is 0 Å². The van der Waals surface area contributed by atoms with Crippen LogP contribution in [0.1, 0.15) is 17.2 Å². The van der Waals surface area contributed by atoms with Gasteiger partial charge in [0.1, 0.15) is 5.82 Å². The number of morpholine rings is 1. The van der Waals surface area contributed by atoms with Gasteiger partial charge in [0.2, 0.25) is 0 Å². The highest BCUT2D eigenvalue weighted by Gasteiger charge is 2.24. The van der Waals surface area contributed by atoms with Gasteiger partial charge in [-0.15, -0.1) is 0 Å². The molecule has 2 aromatic carbocycles. The number of carbonyl (C=O) groups is 2. The minimum atomic E-state index is -0.715. The summed E-state index contributed by atoms with van der Waals surface area (Å²) in [5, 5.41) is 5.33. The molecule has 2 aromatic rings. The molecule has 1 aliphatic heterocycles. The first-order valence-electron chi connectivity index (χ1n) is 10.3. The van der Waals surface area contributed by atoms with Gasteiger partial charge in [-0.3, -0.25) is 14.5 Å². The largest absolute Gasteiger partial charge is 0.379 e. The maximum absolute atomic E-state index is 13.0. The van der Waals surface area contributed by atoms with E-state index in [9.17, 15) is 14.0 Å². The van der Waals surface area contributed by atoms with Crippen LogP contribution >= 0.6 is 0 Å². The maximum Gasteiger partial charge on any atom is 0.309 e. The standard InChI is InChI=1S/C23H29FN4O3/c1-27(2)20-9-5-18(6-10-20)21(28-11-13-31-14-12-28)16-26-23(30)22(29)25-15-17-3-7-19(24)8-4-17/h3-10,21H,11-16H2,1-2H3,(H,25,29)(H,26,30)/t21-/m1/s1. The van der Waals surface area contributed by atoms with E-state index in [1.54, 1.807) is 12.1 Å². The molecule has 1 aliphatic rings. The second-order valence-corrected chi connectivity index (χ2v) is 7.67. The van der Waals surface area contributed by atoms with Crippen LogP contribution in [-0.4, -0.2) is 63.7 Å². The first-order valence-corrected chi connectivity index (χ1v) is 10.3. The van der Waals surface area contributed by atoms with E-state index in [0.717, 1.165) is 29.9 Å². The summed E-state index contributed by atoms with van der Waals surface area (Å²) in [6.45, 7) is 3.26. The van der Waals surface area contributed by atoms with Crippen molar-refractivity contribution in [2.24, 2.45) is 0 Å². The Kier molecular flexibility index (Phi) is 7.97. The number of ether oxygens (including phenoxy) is 1. The summed E-state index contributed by atoms with van der Waals surface area (Å²) in [6.07, 6.45) is 0.